The number of carbonyl (C=O) groups is 1. The zero-order chi connectivity index (χ0) is 18.2. The van der Waals surface area contributed by atoms with E-state index in [4.69, 9.17) is 14.2 Å². The number of hydrogen-bond donors (Lipinski definition) is 1. The average Bonchev–Trinajstić information content (AvgIpc) is 2.81. The van der Waals surface area contributed by atoms with E-state index in [1.54, 1.807) is 27.2 Å². The quantitative estimate of drug-likeness (QED) is 0.274. The predicted octanol–water partition coefficient (Wildman–Crippen LogP) is 4.56. The van der Waals surface area contributed by atoms with Gasteiger partial charge in [0.25, 0.3) is 0 Å². The number of esters is 1. The summed E-state index contributed by atoms with van der Waals surface area (Å²) < 4.78 is 15.7. The van der Waals surface area contributed by atoms with Gasteiger partial charge in [0.2, 0.25) is 0 Å². The Morgan fingerprint density at radius 3 is 2.46 bits per heavy atom. The topological polar surface area (TPSA) is 65.0 Å². The van der Waals surface area contributed by atoms with Gasteiger partial charge >= 0.3 is 5.97 Å². The van der Waals surface area contributed by atoms with Gasteiger partial charge in [0.15, 0.2) is 17.3 Å². The monoisotopic (exact) mass is 338 g/mol. The molecule has 0 fully saturated rings. The van der Waals surface area contributed by atoms with E-state index in [0.29, 0.717) is 5.76 Å². The maximum Gasteiger partial charge on any atom is 0.343 e. The third-order valence-corrected chi connectivity index (χ3v) is 4.41. The second kappa shape index (κ2) is 9.64. The molecule has 1 heterocycles. The van der Waals surface area contributed by atoms with Crippen molar-refractivity contribution in [3.8, 4) is 0 Å². The average molecular weight is 338 g/mol. The maximum absolute atomic E-state index is 11.3. The molecule has 1 N–H and O–H groups in total. The Bertz CT molecular complexity index is 524. The minimum atomic E-state index is -0.519. The predicted molar refractivity (Wildman–Crippen MR) is 93.4 cm³/mol. The highest BCUT2D eigenvalue weighted by Gasteiger charge is 2.25. The first-order valence-electron chi connectivity index (χ1n) is 8.41. The van der Waals surface area contributed by atoms with Gasteiger partial charge < -0.3 is 19.3 Å². The molecular weight excluding hydrogens is 308 g/mol. The fraction of sp³-hybridized carbons (Fsp3) is 0.632. The molecule has 1 aliphatic heterocycles. The molecule has 0 aromatic rings. The van der Waals surface area contributed by atoms with Crippen LogP contribution in [-0.2, 0) is 19.0 Å². The lowest BCUT2D eigenvalue weighted by atomic mass is 10.0. The molecule has 0 aromatic carbocycles. The number of unbranched alkanes of at least 4 members (excludes halogenated alkanes) is 2. The molecule has 0 unspecified atom stereocenters. The molecule has 24 heavy (non-hydrogen) atoms. The van der Waals surface area contributed by atoms with Crippen LogP contribution in [-0.4, -0.2) is 31.1 Å². The standard InChI is InChI=1S/C19H30O5/c1-14(11-9-13-19(3,22-4)23-5)10-7-6-8-12-16-17(20)15(2)18(21)24-16/h11-12,20H,6-10,13H2,1-5H3/b14-11+,16-12-. The molecule has 0 saturated heterocycles. The third kappa shape index (κ3) is 6.13. The molecule has 1 rings (SSSR count). The molecule has 0 radical (unpaired) electrons. The SMILES string of the molecule is COC(C)(CC/C=C(\C)CCCC/C=C1\OC(=O)C(C)=C1O)OC. The van der Waals surface area contributed by atoms with Crippen molar-refractivity contribution in [2.75, 3.05) is 14.2 Å². The van der Waals surface area contributed by atoms with Crippen molar-refractivity contribution in [2.45, 2.75) is 65.1 Å². The first-order chi connectivity index (χ1) is 11.3. The second-order valence-electron chi connectivity index (χ2n) is 6.31. The molecule has 0 bridgehead atoms. The number of ether oxygens (including phenoxy) is 3. The van der Waals surface area contributed by atoms with Crippen molar-refractivity contribution < 1.29 is 24.1 Å². The van der Waals surface area contributed by atoms with Gasteiger partial charge in [0, 0.05) is 20.6 Å². The van der Waals surface area contributed by atoms with E-state index in [1.165, 1.54) is 5.57 Å². The minimum absolute atomic E-state index is 0.0320. The zero-order valence-corrected chi connectivity index (χ0v) is 15.5. The molecule has 136 valence electrons. The molecule has 5 nitrogen and oxygen atoms in total. The summed E-state index contributed by atoms with van der Waals surface area (Å²) in [5, 5.41) is 9.71. The summed E-state index contributed by atoms with van der Waals surface area (Å²) in [6.07, 6.45) is 9.58. The molecule has 0 saturated carbocycles. The number of methoxy groups -OCH3 is 2. The third-order valence-electron chi connectivity index (χ3n) is 4.41. The Morgan fingerprint density at radius 2 is 1.92 bits per heavy atom. The Kier molecular flexibility index (Phi) is 8.22. The van der Waals surface area contributed by atoms with E-state index in [0.717, 1.165) is 38.5 Å². The van der Waals surface area contributed by atoms with Gasteiger partial charge in [-0.3, -0.25) is 0 Å². The first-order valence-corrected chi connectivity index (χ1v) is 8.41. The van der Waals surface area contributed by atoms with Crippen LogP contribution in [0.4, 0.5) is 0 Å². The lowest BCUT2D eigenvalue weighted by Gasteiger charge is -2.25. The van der Waals surface area contributed by atoms with Crippen molar-refractivity contribution in [1.29, 1.82) is 0 Å². The van der Waals surface area contributed by atoms with Crippen LogP contribution in [0, 0.1) is 0 Å². The number of aliphatic hydroxyl groups is 1. The number of cyclic esters (lactones) is 1. The summed E-state index contributed by atoms with van der Waals surface area (Å²) in [7, 11) is 3.31. The fourth-order valence-corrected chi connectivity index (χ4v) is 2.40. The molecule has 0 amide bonds. The van der Waals surface area contributed by atoms with Gasteiger partial charge in [0.1, 0.15) is 0 Å². The van der Waals surface area contributed by atoms with Gasteiger partial charge in [-0.1, -0.05) is 11.6 Å². The molecule has 5 heteroatoms. The van der Waals surface area contributed by atoms with Gasteiger partial charge in [0.05, 0.1) is 5.57 Å². The van der Waals surface area contributed by atoms with Crippen LogP contribution in [0.2, 0.25) is 0 Å². The molecule has 0 spiro atoms. The second-order valence-corrected chi connectivity index (χ2v) is 6.31. The lowest BCUT2D eigenvalue weighted by Crippen LogP contribution is -2.29. The summed E-state index contributed by atoms with van der Waals surface area (Å²) in [6, 6.07) is 0. The van der Waals surface area contributed by atoms with E-state index >= 15 is 0 Å². The van der Waals surface area contributed by atoms with Crippen LogP contribution in [0.1, 0.15) is 59.3 Å². The highest BCUT2D eigenvalue weighted by molar-refractivity contribution is 5.93. The summed E-state index contributed by atoms with van der Waals surface area (Å²) in [5.41, 5.74) is 1.63. The minimum Gasteiger partial charge on any atom is -0.504 e. The van der Waals surface area contributed by atoms with Crippen LogP contribution in [0.3, 0.4) is 0 Å². The number of allylic oxidation sites excluding steroid dienone is 3. The Morgan fingerprint density at radius 1 is 1.25 bits per heavy atom. The highest BCUT2D eigenvalue weighted by atomic mass is 16.7. The largest absolute Gasteiger partial charge is 0.504 e. The Balaban J connectivity index is 2.26. The van der Waals surface area contributed by atoms with Crippen molar-refractivity contribution >= 4 is 5.97 Å². The number of aliphatic hydroxyl groups excluding tert-OH is 1. The maximum atomic E-state index is 11.3. The fourth-order valence-electron chi connectivity index (χ4n) is 2.40. The molecule has 1 aliphatic rings. The molecular formula is C19H30O5. The van der Waals surface area contributed by atoms with E-state index < -0.39 is 11.8 Å². The summed E-state index contributed by atoms with van der Waals surface area (Å²) in [6.45, 7) is 5.63. The van der Waals surface area contributed by atoms with Crippen molar-refractivity contribution in [3.63, 3.8) is 0 Å². The highest BCUT2D eigenvalue weighted by Crippen LogP contribution is 2.24. The summed E-state index contributed by atoms with van der Waals surface area (Å²) in [4.78, 5) is 11.3. The van der Waals surface area contributed by atoms with Crippen LogP contribution < -0.4 is 0 Å². The van der Waals surface area contributed by atoms with Crippen molar-refractivity contribution in [3.05, 3.63) is 34.8 Å². The smallest absolute Gasteiger partial charge is 0.343 e. The number of rotatable bonds is 10. The van der Waals surface area contributed by atoms with Gasteiger partial charge in [-0.15, -0.1) is 0 Å². The van der Waals surface area contributed by atoms with Gasteiger partial charge in [-0.05, 0) is 59.0 Å². The molecule has 0 aliphatic carbocycles. The normalized spacial score (nSPS) is 17.8. The van der Waals surface area contributed by atoms with E-state index in [1.807, 2.05) is 6.92 Å². The van der Waals surface area contributed by atoms with Crippen LogP contribution in [0.25, 0.3) is 0 Å². The van der Waals surface area contributed by atoms with Gasteiger partial charge in [-0.2, -0.15) is 0 Å². The first kappa shape index (κ1) is 20.5. The van der Waals surface area contributed by atoms with Gasteiger partial charge in [-0.25, -0.2) is 4.79 Å². The van der Waals surface area contributed by atoms with Crippen LogP contribution >= 0.6 is 0 Å². The van der Waals surface area contributed by atoms with E-state index in [9.17, 15) is 9.90 Å². The summed E-state index contributed by atoms with van der Waals surface area (Å²) >= 11 is 0. The molecule has 0 atom stereocenters. The molecule has 0 aromatic heterocycles. The van der Waals surface area contributed by atoms with E-state index in [2.05, 4.69) is 13.0 Å². The Labute approximate surface area is 145 Å². The van der Waals surface area contributed by atoms with Crippen LogP contribution in [0.5, 0.6) is 0 Å². The lowest BCUT2D eigenvalue weighted by molar-refractivity contribution is -0.196. The van der Waals surface area contributed by atoms with Crippen LogP contribution in [0.15, 0.2) is 34.8 Å². The van der Waals surface area contributed by atoms with E-state index in [-0.39, 0.29) is 11.3 Å². The van der Waals surface area contributed by atoms with Crippen molar-refractivity contribution in [2.24, 2.45) is 0 Å². The Hall–Kier alpha value is -1.59. The summed E-state index contributed by atoms with van der Waals surface area (Å²) in [5.74, 6) is -0.717. The number of carbonyl (C=O) groups excluding carboxylic acids is 1. The zero-order valence-electron chi connectivity index (χ0n) is 15.5. The number of hydrogen-bond acceptors (Lipinski definition) is 5. The van der Waals surface area contributed by atoms with Crippen molar-refractivity contribution in [1.82, 2.24) is 0 Å².